The number of rotatable bonds is 4. The molecule has 0 aliphatic carbocycles. The van der Waals surface area contributed by atoms with E-state index in [9.17, 15) is 19.1 Å². The van der Waals surface area contributed by atoms with E-state index in [1.807, 2.05) is 20.8 Å². The third-order valence-electron chi connectivity index (χ3n) is 5.15. The molecule has 0 radical (unpaired) electrons. The second-order valence-electron chi connectivity index (χ2n) is 7.22. The van der Waals surface area contributed by atoms with Gasteiger partial charge in [0.05, 0.1) is 12.2 Å². The number of aromatic hydroxyl groups is 1. The number of carbonyl (C=O) groups excluding carboxylic acids is 1. The summed E-state index contributed by atoms with van der Waals surface area (Å²) in [6.07, 6.45) is 2.23. The molecule has 2 aromatic rings. The summed E-state index contributed by atoms with van der Waals surface area (Å²) in [5, 5.41) is 14.3. The molecular weight excluding hydrogens is 337 g/mol. The first-order chi connectivity index (χ1) is 12.2. The summed E-state index contributed by atoms with van der Waals surface area (Å²) in [7, 11) is 0. The lowest BCUT2D eigenvalue weighted by Gasteiger charge is -2.44. The van der Waals surface area contributed by atoms with Gasteiger partial charge in [0.2, 0.25) is 5.43 Å². The van der Waals surface area contributed by atoms with Crippen LogP contribution >= 0.6 is 0 Å². The minimum atomic E-state index is -0.679. The molecule has 1 aromatic carbocycles. The zero-order valence-corrected chi connectivity index (χ0v) is 15.1. The van der Waals surface area contributed by atoms with Gasteiger partial charge in [-0.3, -0.25) is 14.3 Å². The van der Waals surface area contributed by atoms with Gasteiger partial charge in [-0.1, -0.05) is 19.1 Å². The quantitative estimate of drug-likeness (QED) is 0.910. The molecule has 7 heteroatoms. The van der Waals surface area contributed by atoms with Crippen LogP contribution in [0.2, 0.25) is 0 Å². The number of aromatic nitrogens is 2. The molecule has 1 atom stereocenters. The Kier molecular flexibility index (Phi) is 4.56. The Bertz CT molecular complexity index is 890. The first-order valence-corrected chi connectivity index (χ1v) is 8.62. The predicted octanol–water partition coefficient (Wildman–Crippen LogP) is 2.52. The molecule has 1 aromatic heterocycles. The van der Waals surface area contributed by atoms with Gasteiger partial charge in [-0.05, 0) is 44.4 Å². The van der Waals surface area contributed by atoms with Crippen molar-refractivity contribution in [2.24, 2.45) is 0 Å². The van der Waals surface area contributed by atoms with Crippen molar-refractivity contribution in [1.82, 2.24) is 14.7 Å². The average Bonchev–Trinajstić information content (AvgIpc) is 2.61. The van der Waals surface area contributed by atoms with Gasteiger partial charge < -0.3 is 10.0 Å². The molecule has 0 unspecified atom stereocenters. The number of carbonyl (C=O) groups is 1. The van der Waals surface area contributed by atoms with Crippen LogP contribution in [0.5, 0.6) is 5.75 Å². The number of amides is 1. The van der Waals surface area contributed by atoms with E-state index in [0.29, 0.717) is 19.4 Å². The van der Waals surface area contributed by atoms with Crippen LogP contribution in [0.1, 0.15) is 49.3 Å². The van der Waals surface area contributed by atoms with E-state index < -0.39 is 22.6 Å². The maximum Gasteiger partial charge on any atom is 0.276 e. The zero-order chi connectivity index (χ0) is 19.1. The van der Waals surface area contributed by atoms with Gasteiger partial charge in [0.15, 0.2) is 11.4 Å². The fourth-order valence-electron chi connectivity index (χ4n) is 3.19. The van der Waals surface area contributed by atoms with E-state index in [-0.39, 0.29) is 17.6 Å². The summed E-state index contributed by atoms with van der Waals surface area (Å²) in [5.41, 5.74) is -0.327. The maximum atomic E-state index is 13.2. The van der Waals surface area contributed by atoms with Crippen LogP contribution in [0.3, 0.4) is 0 Å². The number of hydrogen-bond acceptors (Lipinski definition) is 4. The molecule has 138 valence electrons. The number of benzene rings is 1. The van der Waals surface area contributed by atoms with Gasteiger partial charge in [0.1, 0.15) is 5.82 Å². The molecule has 1 amide bonds. The topological polar surface area (TPSA) is 75.4 Å². The number of hydrogen-bond donors (Lipinski definition) is 1. The minimum Gasteiger partial charge on any atom is -0.502 e. The van der Waals surface area contributed by atoms with Crippen LogP contribution in [0.25, 0.3) is 0 Å². The van der Waals surface area contributed by atoms with E-state index >= 15 is 0 Å². The Morgan fingerprint density at radius 2 is 1.92 bits per heavy atom. The first-order valence-electron chi connectivity index (χ1n) is 8.62. The smallest absolute Gasteiger partial charge is 0.276 e. The SMILES string of the molecule is CCC(C)(C)N1C[C@@H](Cc2ccc(F)cc2)n2ncc(=O)c(O)c2C1=O. The Balaban J connectivity index is 2.08. The van der Waals surface area contributed by atoms with Gasteiger partial charge in [0, 0.05) is 12.1 Å². The van der Waals surface area contributed by atoms with Crippen LogP contribution in [-0.2, 0) is 6.42 Å². The molecule has 2 heterocycles. The fourth-order valence-corrected chi connectivity index (χ4v) is 3.19. The lowest BCUT2D eigenvalue weighted by atomic mass is 9.94. The van der Waals surface area contributed by atoms with Gasteiger partial charge in [-0.15, -0.1) is 0 Å². The van der Waals surface area contributed by atoms with E-state index in [0.717, 1.165) is 11.8 Å². The third-order valence-corrected chi connectivity index (χ3v) is 5.15. The van der Waals surface area contributed by atoms with Crippen LogP contribution in [0, 0.1) is 5.82 Å². The Hall–Kier alpha value is -2.70. The van der Waals surface area contributed by atoms with Crippen LogP contribution in [0.15, 0.2) is 35.3 Å². The highest BCUT2D eigenvalue weighted by Crippen LogP contribution is 2.32. The zero-order valence-electron chi connectivity index (χ0n) is 15.1. The van der Waals surface area contributed by atoms with Crippen molar-refractivity contribution >= 4 is 5.91 Å². The highest BCUT2D eigenvalue weighted by Gasteiger charge is 2.40. The van der Waals surface area contributed by atoms with Gasteiger partial charge >= 0.3 is 0 Å². The summed E-state index contributed by atoms with van der Waals surface area (Å²) in [6.45, 7) is 6.26. The van der Waals surface area contributed by atoms with Gasteiger partial charge in [-0.25, -0.2) is 4.39 Å². The van der Waals surface area contributed by atoms with E-state index in [1.54, 1.807) is 17.0 Å². The molecule has 0 saturated carbocycles. The maximum absolute atomic E-state index is 13.2. The molecule has 0 spiro atoms. The fraction of sp³-hybridized carbons (Fsp3) is 0.421. The van der Waals surface area contributed by atoms with Crippen molar-refractivity contribution in [3.05, 3.63) is 57.8 Å². The Labute approximate surface area is 150 Å². The molecule has 1 aliphatic heterocycles. The lowest BCUT2D eigenvalue weighted by Crippen LogP contribution is -2.54. The monoisotopic (exact) mass is 359 g/mol. The minimum absolute atomic E-state index is 0.0858. The van der Waals surface area contributed by atoms with Crippen molar-refractivity contribution < 1.29 is 14.3 Å². The standard InChI is InChI=1S/C19H22FN3O3/c1-4-19(2,3)22-11-14(9-12-5-7-13(20)8-6-12)23-16(18(22)26)17(25)15(24)10-21-23/h5-8,10,14,25H,4,9,11H2,1-3H3/t14-/m1/s1. The van der Waals surface area contributed by atoms with E-state index in [2.05, 4.69) is 5.10 Å². The second kappa shape index (κ2) is 6.55. The molecule has 1 aliphatic rings. The lowest BCUT2D eigenvalue weighted by molar-refractivity contribution is 0.0382. The summed E-state index contributed by atoms with van der Waals surface area (Å²) in [6, 6.07) is 5.86. The van der Waals surface area contributed by atoms with Crippen LogP contribution in [0.4, 0.5) is 4.39 Å². The third kappa shape index (κ3) is 3.09. The molecule has 0 saturated heterocycles. The van der Waals surface area contributed by atoms with Crippen molar-refractivity contribution in [2.75, 3.05) is 6.54 Å². The first kappa shape index (κ1) is 18.1. The normalized spacial score (nSPS) is 17.3. The number of nitrogens with zero attached hydrogens (tertiary/aromatic N) is 3. The summed E-state index contributed by atoms with van der Waals surface area (Å²) < 4.78 is 14.6. The predicted molar refractivity (Wildman–Crippen MR) is 94.7 cm³/mol. The van der Waals surface area contributed by atoms with Crippen molar-refractivity contribution in [3.8, 4) is 5.75 Å². The highest BCUT2D eigenvalue weighted by atomic mass is 19.1. The van der Waals surface area contributed by atoms with E-state index in [4.69, 9.17) is 0 Å². The molecule has 0 bridgehead atoms. The Morgan fingerprint density at radius 1 is 1.27 bits per heavy atom. The summed E-state index contributed by atoms with van der Waals surface area (Å²) >= 11 is 0. The van der Waals surface area contributed by atoms with E-state index in [1.165, 1.54) is 16.8 Å². The molecule has 3 rings (SSSR count). The van der Waals surface area contributed by atoms with Crippen LogP contribution < -0.4 is 5.43 Å². The average molecular weight is 359 g/mol. The van der Waals surface area contributed by atoms with Crippen molar-refractivity contribution in [3.63, 3.8) is 0 Å². The second-order valence-corrected chi connectivity index (χ2v) is 7.22. The largest absolute Gasteiger partial charge is 0.502 e. The number of fused-ring (bicyclic) bond motifs is 1. The molecule has 6 nitrogen and oxygen atoms in total. The molecule has 26 heavy (non-hydrogen) atoms. The van der Waals surface area contributed by atoms with Gasteiger partial charge in [-0.2, -0.15) is 5.10 Å². The summed E-state index contributed by atoms with van der Waals surface area (Å²) in [4.78, 5) is 26.5. The summed E-state index contributed by atoms with van der Waals surface area (Å²) in [5.74, 6) is -1.30. The van der Waals surface area contributed by atoms with Gasteiger partial charge in [0.25, 0.3) is 5.91 Å². The highest BCUT2D eigenvalue weighted by molar-refractivity contribution is 5.96. The number of halogens is 1. The van der Waals surface area contributed by atoms with Crippen LogP contribution in [-0.4, -0.2) is 37.8 Å². The molecular formula is C19H22FN3O3. The molecule has 0 fully saturated rings. The molecule has 1 N–H and O–H groups in total. The Morgan fingerprint density at radius 3 is 2.54 bits per heavy atom. The van der Waals surface area contributed by atoms with Crippen molar-refractivity contribution in [2.45, 2.75) is 45.2 Å². The van der Waals surface area contributed by atoms with Crippen molar-refractivity contribution in [1.29, 1.82) is 0 Å².